The van der Waals surface area contributed by atoms with Crippen molar-refractivity contribution in [1.29, 1.82) is 0 Å². The lowest BCUT2D eigenvalue weighted by molar-refractivity contribution is 0.0693. The van der Waals surface area contributed by atoms with Crippen LogP contribution in [0.15, 0.2) is 34.6 Å². The highest BCUT2D eigenvalue weighted by molar-refractivity contribution is 7.99. The van der Waals surface area contributed by atoms with Gasteiger partial charge >= 0.3 is 5.97 Å². The van der Waals surface area contributed by atoms with Crippen LogP contribution in [0.4, 0.5) is 5.69 Å². The molecule has 1 aromatic carbocycles. The number of aromatic nitrogens is 2. The fraction of sp³-hybridized carbons (Fsp3) is 0. The number of benzene rings is 1. The third-order valence-electron chi connectivity index (χ3n) is 1.97. The molecule has 0 saturated carbocycles. The Labute approximate surface area is 106 Å². The number of H-pyrrole nitrogens is 1. The first-order chi connectivity index (χ1) is 8.08. The first-order valence-electron chi connectivity index (χ1n) is 4.57. The number of hydrogen-bond acceptors (Lipinski definition) is 4. The Hall–Kier alpha value is -1.66. The Bertz CT molecular complexity index is 557. The highest BCUT2D eigenvalue weighted by Gasteiger charge is 2.16. The molecule has 0 saturated heterocycles. The van der Waals surface area contributed by atoms with E-state index in [1.54, 1.807) is 12.4 Å². The van der Waals surface area contributed by atoms with Gasteiger partial charge in [0.25, 0.3) is 0 Å². The molecule has 2 aromatic rings. The Morgan fingerprint density at radius 2 is 2.29 bits per heavy atom. The van der Waals surface area contributed by atoms with Gasteiger partial charge in [0.05, 0.1) is 10.6 Å². The second-order valence-corrected chi connectivity index (χ2v) is 4.59. The number of nitrogen functional groups attached to an aromatic ring is 1. The van der Waals surface area contributed by atoms with E-state index in [9.17, 15) is 4.79 Å². The van der Waals surface area contributed by atoms with E-state index >= 15 is 0 Å². The minimum absolute atomic E-state index is 0.0661. The third-order valence-corrected chi connectivity index (χ3v) is 3.44. The smallest absolute Gasteiger partial charge is 0.336 e. The van der Waals surface area contributed by atoms with Crippen LogP contribution in [0.3, 0.4) is 0 Å². The molecule has 2 rings (SSSR count). The molecule has 0 aliphatic carbocycles. The third kappa shape index (κ3) is 2.54. The predicted octanol–water partition coefficient (Wildman–Crippen LogP) is 2.49. The van der Waals surface area contributed by atoms with Gasteiger partial charge in [0, 0.05) is 23.0 Å². The number of aromatic carboxylic acids is 1. The second-order valence-electron chi connectivity index (χ2n) is 3.18. The molecule has 0 aliphatic rings. The summed E-state index contributed by atoms with van der Waals surface area (Å²) in [7, 11) is 0. The van der Waals surface area contributed by atoms with Crippen molar-refractivity contribution in [2.75, 3.05) is 5.73 Å². The van der Waals surface area contributed by atoms with Crippen molar-refractivity contribution in [3.8, 4) is 0 Å². The molecule has 88 valence electrons. The SMILES string of the molecule is Nc1cc(Cl)c(Sc2ncc[nH]2)c(C(=O)O)c1. The van der Waals surface area contributed by atoms with Crippen molar-refractivity contribution in [2.24, 2.45) is 0 Å². The molecule has 0 radical (unpaired) electrons. The largest absolute Gasteiger partial charge is 0.478 e. The number of nitrogens with two attached hydrogens (primary N) is 1. The van der Waals surface area contributed by atoms with E-state index in [-0.39, 0.29) is 5.56 Å². The molecule has 0 atom stereocenters. The number of nitrogens with zero attached hydrogens (tertiary/aromatic N) is 1. The minimum atomic E-state index is -1.08. The topological polar surface area (TPSA) is 92.0 Å². The van der Waals surface area contributed by atoms with Crippen molar-refractivity contribution >= 4 is 35.0 Å². The van der Waals surface area contributed by atoms with Gasteiger partial charge in [-0.15, -0.1) is 0 Å². The first kappa shape index (κ1) is 11.8. The van der Waals surface area contributed by atoms with E-state index < -0.39 is 5.97 Å². The van der Waals surface area contributed by atoms with E-state index in [4.69, 9.17) is 22.4 Å². The van der Waals surface area contributed by atoms with E-state index in [2.05, 4.69) is 9.97 Å². The molecular weight excluding hydrogens is 262 g/mol. The van der Waals surface area contributed by atoms with E-state index in [1.165, 1.54) is 12.1 Å². The van der Waals surface area contributed by atoms with Crippen molar-refractivity contribution in [3.05, 3.63) is 35.1 Å². The maximum atomic E-state index is 11.1. The van der Waals surface area contributed by atoms with Crippen LogP contribution in [0.2, 0.25) is 5.02 Å². The van der Waals surface area contributed by atoms with Gasteiger partial charge in [-0.25, -0.2) is 9.78 Å². The summed E-state index contributed by atoms with van der Waals surface area (Å²) in [6.45, 7) is 0. The molecule has 4 N–H and O–H groups in total. The van der Waals surface area contributed by atoms with Crippen LogP contribution >= 0.6 is 23.4 Å². The van der Waals surface area contributed by atoms with Gasteiger partial charge in [-0.1, -0.05) is 11.6 Å². The average molecular weight is 270 g/mol. The number of aromatic amines is 1. The lowest BCUT2D eigenvalue weighted by atomic mass is 10.2. The van der Waals surface area contributed by atoms with Crippen molar-refractivity contribution in [1.82, 2.24) is 9.97 Å². The fourth-order valence-electron chi connectivity index (χ4n) is 1.28. The number of carbonyl (C=O) groups is 1. The summed E-state index contributed by atoms with van der Waals surface area (Å²) in [6, 6.07) is 2.89. The molecule has 7 heteroatoms. The Morgan fingerprint density at radius 3 is 2.88 bits per heavy atom. The van der Waals surface area contributed by atoms with Crippen LogP contribution in [0.25, 0.3) is 0 Å². The number of carboxylic acids is 1. The van der Waals surface area contributed by atoms with E-state index in [0.29, 0.717) is 20.8 Å². The summed E-state index contributed by atoms with van der Waals surface area (Å²) < 4.78 is 0. The zero-order valence-corrected chi connectivity index (χ0v) is 10.0. The summed E-state index contributed by atoms with van der Waals surface area (Å²) in [4.78, 5) is 18.4. The molecular formula is C10H8ClN3O2S. The molecule has 17 heavy (non-hydrogen) atoms. The number of imidazole rings is 1. The monoisotopic (exact) mass is 269 g/mol. The summed E-state index contributed by atoms with van der Waals surface area (Å²) >= 11 is 7.14. The van der Waals surface area contributed by atoms with Gasteiger partial charge in [-0.2, -0.15) is 0 Å². The van der Waals surface area contributed by atoms with Crippen molar-refractivity contribution < 1.29 is 9.90 Å². The molecule has 0 unspecified atom stereocenters. The van der Waals surface area contributed by atoms with E-state index in [0.717, 1.165) is 11.8 Å². The zero-order valence-electron chi connectivity index (χ0n) is 8.48. The number of nitrogens with one attached hydrogen (secondary N) is 1. The number of hydrogen-bond donors (Lipinski definition) is 3. The van der Waals surface area contributed by atoms with Gasteiger partial charge in [-0.3, -0.25) is 0 Å². The zero-order chi connectivity index (χ0) is 12.4. The lowest BCUT2D eigenvalue weighted by Gasteiger charge is -2.07. The number of carboxylic acid groups (broad SMARTS) is 1. The quantitative estimate of drug-likeness (QED) is 0.745. The van der Waals surface area contributed by atoms with Crippen molar-refractivity contribution in [2.45, 2.75) is 10.1 Å². The minimum Gasteiger partial charge on any atom is -0.478 e. The number of rotatable bonds is 3. The summed E-state index contributed by atoms with van der Waals surface area (Å²) in [5.74, 6) is -1.08. The van der Waals surface area contributed by atoms with Crippen LogP contribution in [0.5, 0.6) is 0 Å². The molecule has 0 bridgehead atoms. The van der Waals surface area contributed by atoms with Crippen LogP contribution in [0, 0.1) is 0 Å². The maximum Gasteiger partial charge on any atom is 0.336 e. The van der Waals surface area contributed by atoms with Crippen LogP contribution in [0.1, 0.15) is 10.4 Å². The summed E-state index contributed by atoms with van der Waals surface area (Å²) in [5, 5.41) is 9.95. The Balaban J connectivity index is 2.48. The number of anilines is 1. The van der Waals surface area contributed by atoms with E-state index in [1.807, 2.05) is 0 Å². The fourth-order valence-corrected chi connectivity index (χ4v) is 2.47. The summed E-state index contributed by atoms with van der Waals surface area (Å²) in [6.07, 6.45) is 3.22. The van der Waals surface area contributed by atoms with Gasteiger partial charge in [-0.05, 0) is 23.9 Å². The molecule has 0 amide bonds. The van der Waals surface area contributed by atoms with Crippen LogP contribution < -0.4 is 5.73 Å². The Morgan fingerprint density at radius 1 is 1.53 bits per heavy atom. The lowest BCUT2D eigenvalue weighted by Crippen LogP contribution is -2.01. The number of halogens is 1. The highest BCUT2D eigenvalue weighted by Crippen LogP contribution is 2.36. The normalized spacial score (nSPS) is 10.4. The summed E-state index contributed by atoms with van der Waals surface area (Å²) in [5.41, 5.74) is 5.94. The standard InChI is InChI=1S/C10H8ClN3O2S/c11-7-4-5(12)3-6(9(15)16)8(7)17-10-13-1-2-14-10/h1-4H,12H2,(H,13,14)(H,15,16). The van der Waals surface area contributed by atoms with Crippen LogP contribution in [-0.2, 0) is 0 Å². The average Bonchev–Trinajstić information content (AvgIpc) is 2.74. The molecule has 0 spiro atoms. The van der Waals surface area contributed by atoms with Crippen LogP contribution in [-0.4, -0.2) is 21.0 Å². The van der Waals surface area contributed by atoms with Gasteiger partial charge < -0.3 is 15.8 Å². The Kier molecular flexibility index (Phi) is 3.26. The molecule has 5 nitrogen and oxygen atoms in total. The van der Waals surface area contributed by atoms with Gasteiger partial charge in [0.15, 0.2) is 5.16 Å². The molecule has 1 heterocycles. The highest BCUT2D eigenvalue weighted by atomic mass is 35.5. The predicted molar refractivity (Wildman–Crippen MR) is 65.5 cm³/mol. The van der Waals surface area contributed by atoms with Gasteiger partial charge in [0.1, 0.15) is 0 Å². The van der Waals surface area contributed by atoms with Gasteiger partial charge in [0.2, 0.25) is 0 Å². The molecule has 1 aromatic heterocycles. The molecule has 0 fully saturated rings. The molecule has 0 aliphatic heterocycles. The second kappa shape index (κ2) is 4.68. The maximum absolute atomic E-state index is 11.1. The first-order valence-corrected chi connectivity index (χ1v) is 5.77. The van der Waals surface area contributed by atoms with Crippen molar-refractivity contribution in [3.63, 3.8) is 0 Å².